The van der Waals surface area contributed by atoms with E-state index in [1.807, 2.05) is 6.07 Å². The Bertz CT molecular complexity index is 1380. The number of para-hydroxylation sites is 1. The molecule has 32 heavy (non-hydrogen) atoms. The van der Waals surface area contributed by atoms with Gasteiger partial charge in [0.05, 0.1) is 28.8 Å². The van der Waals surface area contributed by atoms with Crippen molar-refractivity contribution in [3.8, 4) is 11.8 Å². The van der Waals surface area contributed by atoms with E-state index in [1.54, 1.807) is 30.5 Å². The number of hydrogen-bond donors (Lipinski definition) is 1. The molecule has 0 spiro atoms. The minimum absolute atomic E-state index is 0.0139. The topological polar surface area (TPSA) is 131 Å². The largest absolute Gasteiger partial charge is 0.494 e. The van der Waals surface area contributed by atoms with Gasteiger partial charge in [0.15, 0.2) is 5.41 Å². The van der Waals surface area contributed by atoms with Crippen molar-refractivity contribution < 1.29 is 22.7 Å². The zero-order chi connectivity index (χ0) is 23.1. The molecule has 4 rings (SSSR count). The number of thiophene rings is 1. The number of fused-ring (bicyclic) bond motifs is 1. The molecule has 0 fully saturated rings. The Labute approximate surface area is 188 Å². The first-order valence-corrected chi connectivity index (χ1v) is 11.9. The highest BCUT2D eigenvalue weighted by Gasteiger charge is 2.61. The molecule has 10 heteroatoms. The Balaban J connectivity index is 2.11. The number of nitrogens with zero attached hydrogens (tertiary/aromatic N) is 2. The number of anilines is 1. The molecule has 0 bridgehead atoms. The van der Waals surface area contributed by atoms with Crippen molar-refractivity contribution >= 4 is 38.9 Å². The van der Waals surface area contributed by atoms with Crippen LogP contribution in [0.1, 0.15) is 23.6 Å². The van der Waals surface area contributed by atoms with Crippen molar-refractivity contribution in [1.29, 1.82) is 5.26 Å². The summed E-state index contributed by atoms with van der Waals surface area (Å²) in [5.41, 5.74) is 3.87. The van der Waals surface area contributed by atoms with E-state index in [0.29, 0.717) is 4.31 Å². The van der Waals surface area contributed by atoms with Crippen LogP contribution in [0.15, 0.2) is 64.2 Å². The van der Waals surface area contributed by atoms with Crippen molar-refractivity contribution in [3.63, 3.8) is 0 Å². The highest BCUT2D eigenvalue weighted by molar-refractivity contribution is 7.93. The summed E-state index contributed by atoms with van der Waals surface area (Å²) in [5.74, 6) is -1.91. The van der Waals surface area contributed by atoms with Gasteiger partial charge in [-0.3, -0.25) is 9.59 Å². The normalized spacial score (nSPS) is 17.6. The zero-order valence-electron chi connectivity index (χ0n) is 16.8. The van der Waals surface area contributed by atoms with E-state index in [9.17, 15) is 23.3 Å². The highest BCUT2D eigenvalue weighted by atomic mass is 32.2. The second-order valence-corrected chi connectivity index (χ2v) is 9.49. The number of rotatable bonds is 6. The van der Waals surface area contributed by atoms with Gasteiger partial charge in [0.25, 0.3) is 15.9 Å². The lowest BCUT2D eigenvalue weighted by Crippen LogP contribution is -2.51. The van der Waals surface area contributed by atoms with Crippen LogP contribution >= 0.6 is 11.3 Å². The molecule has 0 saturated carbocycles. The van der Waals surface area contributed by atoms with E-state index in [4.69, 9.17) is 10.5 Å². The second-order valence-electron chi connectivity index (χ2n) is 6.92. The maximum Gasteiger partial charge on any atom is 0.271 e. The summed E-state index contributed by atoms with van der Waals surface area (Å²) in [4.78, 5) is 26.9. The average Bonchev–Trinajstić information content (AvgIpc) is 3.40. The molecule has 0 radical (unpaired) electrons. The number of benzene rings is 2. The quantitative estimate of drug-likeness (QED) is 0.554. The van der Waals surface area contributed by atoms with Crippen LogP contribution in [-0.2, 0) is 25.0 Å². The molecule has 8 nitrogen and oxygen atoms in total. The van der Waals surface area contributed by atoms with E-state index in [0.717, 1.165) is 11.3 Å². The molecule has 1 atom stereocenters. The minimum atomic E-state index is -4.35. The first-order valence-electron chi connectivity index (χ1n) is 9.49. The van der Waals surface area contributed by atoms with E-state index < -0.39 is 27.3 Å². The van der Waals surface area contributed by atoms with Gasteiger partial charge in [-0.25, -0.2) is 12.7 Å². The molecular weight excluding hydrogens is 450 g/mol. The predicted molar refractivity (Wildman–Crippen MR) is 118 cm³/mol. The van der Waals surface area contributed by atoms with Gasteiger partial charge in [-0.2, -0.15) is 16.6 Å². The third kappa shape index (κ3) is 2.90. The van der Waals surface area contributed by atoms with Crippen molar-refractivity contribution in [1.82, 2.24) is 0 Å². The number of ether oxygens (including phenoxy) is 1. The van der Waals surface area contributed by atoms with Gasteiger partial charge in [-0.15, -0.1) is 0 Å². The monoisotopic (exact) mass is 467 g/mol. The number of nitrogens with two attached hydrogens (primary N) is 1. The van der Waals surface area contributed by atoms with E-state index in [2.05, 4.69) is 0 Å². The molecule has 0 saturated heterocycles. The molecule has 2 heterocycles. The van der Waals surface area contributed by atoms with Gasteiger partial charge >= 0.3 is 0 Å². The maximum absolute atomic E-state index is 13.9. The van der Waals surface area contributed by atoms with E-state index in [-0.39, 0.29) is 39.6 Å². The highest BCUT2D eigenvalue weighted by Crippen LogP contribution is 2.50. The Hall–Kier alpha value is -3.68. The SMILES string of the molecule is CCOc1ccccc1C1(C(N)=O)C(=O)N(S(=O)(=O)c2ccsc2)c2ccc(C#N)cc21. The number of hydrogen-bond acceptors (Lipinski definition) is 7. The van der Waals surface area contributed by atoms with Crippen LogP contribution < -0.4 is 14.8 Å². The second kappa shape index (κ2) is 7.78. The number of amides is 2. The van der Waals surface area contributed by atoms with E-state index >= 15 is 0 Å². The molecule has 3 aromatic rings. The van der Waals surface area contributed by atoms with E-state index in [1.165, 1.54) is 35.7 Å². The van der Waals surface area contributed by atoms with Crippen LogP contribution in [0.25, 0.3) is 0 Å². The number of primary amides is 1. The molecule has 162 valence electrons. The lowest BCUT2D eigenvalue weighted by Gasteiger charge is -2.27. The molecule has 2 N–H and O–H groups in total. The van der Waals surface area contributed by atoms with Crippen molar-refractivity contribution in [2.75, 3.05) is 10.9 Å². The summed E-state index contributed by atoms with van der Waals surface area (Å²) in [6.07, 6.45) is 0. The van der Waals surface area contributed by atoms with Crippen LogP contribution in [0.3, 0.4) is 0 Å². The molecule has 1 aliphatic heterocycles. The fourth-order valence-electron chi connectivity index (χ4n) is 3.89. The fourth-order valence-corrected chi connectivity index (χ4v) is 6.37. The molecule has 2 amide bonds. The van der Waals surface area contributed by atoms with Crippen molar-refractivity contribution in [3.05, 3.63) is 76.0 Å². The van der Waals surface area contributed by atoms with Gasteiger partial charge in [0.2, 0.25) is 5.91 Å². The van der Waals surface area contributed by atoms with Gasteiger partial charge in [0.1, 0.15) is 5.75 Å². The summed E-state index contributed by atoms with van der Waals surface area (Å²) in [6.45, 7) is 1.97. The lowest BCUT2D eigenvalue weighted by atomic mass is 9.74. The number of nitriles is 1. The molecule has 1 aliphatic rings. The molecule has 2 aromatic carbocycles. The first kappa shape index (κ1) is 21.5. The standard InChI is InChI=1S/C22H17N3O5S2/c1-2-30-19-6-4-3-5-16(19)22(20(24)26)17-11-14(12-23)7-8-18(17)25(21(22)27)32(28,29)15-9-10-31-13-15/h3-11,13H,2H2,1H3,(H2,24,26). The summed E-state index contributed by atoms with van der Waals surface area (Å²) < 4.78 is 33.1. The number of carbonyl (C=O) groups is 2. The smallest absolute Gasteiger partial charge is 0.271 e. The molecule has 1 aromatic heterocycles. The summed E-state index contributed by atoms with van der Waals surface area (Å²) >= 11 is 1.15. The summed E-state index contributed by atoms with van der Waals surface area (Å²) in [5, 5.41) is 12.4. The van der Waals surface area contributed by atoms with Crippen molar-refractivity contribution in [2.45, 2.75) is 17.2 Å². The van der Waals surface area contributed by atoms with Gasteiger partial charge in [-0.05, 0) is 42.6 Å². The minimum Gasteiger partial charge on any atom is -0.494 e. The maximum atomic E-state index is 13.9. The fraction of sp³-hybridized carbons (Fsp3) is 0.136. The van der Waals surface area contributed by atoms with Crippen LogP contribution in [0.5, 0.6) is 5.75 Å². The summed E-state index contributed by atoms with van der Waals surface area (Å²) in [6, 6.07) is 13.7. The molecule has 0 aliphatic carbocycles. The van der Waals surface area contributed by atoms with Crippen molar-refractivity contribution in [2.24, 2.45) is 5.73 Å². The van der Waals surface area contributed by atoms with Crippen LogP contribution in [0.4, 0.5) is 5.69 Å². The van der Waals surface area contributed by atoms with Gasteiger partial charge < -0.3 is 10.5 Å². The van der Waals surface area contributed by atoms with Gasteiger partial charge in [0, 0.05) is 16.5 Å². The third-order valence-electron chi connectivity index (χ3n) is 5.25. The average molecular weight is 468 g/mol. The third-order valence-corrected chi connectivity index (χ3v) is 7.77. The van der Waals surface area contributed by atoms with Crippen LogP contribution in [-0.4, -0.2) is 26.8 Å². The Kier molecular flexibility index (Phi) is 5.24. The Morgan fingerprint density at radius 3 is 2.59 bits per heavy atom. The number of sulfonamides is 1. The Morgan fingerprint density at radius 2 is 1.97 bits per heavy atom. The Morgan fingerprint density at radius 1 is 1.22 bits per heavy atom. The molecular formula is C22H17N3O5S2. The van der Waals surface area contributed by atoms with Crippen LogP contribution in [0, 0.1) is 11.3 Å². The molecule has 1 unspecified atom stereocenters. The number of carbonyl (C=O) groups excluding carboxylic acids is 2. The van der Waals surface area contributed by atoms with Crippen LogP contribution in [0.2, 0.25) is 0 Å². The predicted octanol–water partition coefficient (Wildman–Crippen LogP) is 2.53. The lowest BCUT2D eigenvalue weighted by molar-refractivity contribution is -0.131. The van der Waals surface area contributed by atoms with Gasteiger partial charge in [-0.1, -0.05) is 18.2 Å². The first-order chi connectivity index (χ1) is 15.3. The summed E-state index contributed by atoms with van der Waals surface area (Å²) in [7, 11) is -4.35. The zero-order valence-corrected chi connectivity index (χ0v) is 18.4.